The number of nitrogens with one attached hydrogen (secondary N) is 1. The molecule has 1 amide bonds. The number of ether oxygens (including phenoxy) is 2. The van der Waals surface area contributed by atoms with E-state index in [-0.39, 0.29) is 28.6 Å². The number of hydrogen-bond acceptors (Lipinski definition) is 7. The third-order valence-electron chi connectivity index (χ3n) is 5.10. The average Bonchev–Trinajstić information content (AvgIpc) is 2.79. The van der Waals surface area contributed by atoms with Crippen molar-refractivity contribution in [1.82, 2.24) is 4.31 Å². The lowest BCUT2D eigenvalue weighted by molar-refractivity contribution is -0.384. The summed E-state index contributed by atoms with van der Waals surface area (Å²) in [5.74, 6) is -0.211. The smallest absolute Gasteiger partial charge is 0.271 e. The van der Waals surface area contributed by atoms with Gasteiger partial charge in [-0.05, 0) is 43.2 Å². The van der Waals surface area contributed by atoms with Crippen LogP contribution in [-0.2, 0) is 14.8 Å². The highest BCUT2D eigenvalue weighted by Gasteiger charge is 2.33. The highest BCUT2D eigenvalue weighted by molar-refractivity contribution is 7.89. The molecule has 1 N–H and O–H groups in total. The van der Waals surface area contributed by atoms with Crippen molar-refractivity contribution in [3.63, 3.8) is 0 Å². The molecule has 11 heteroatoms. The SMILES string of the molecule is COc1ccc(S(=O)(=O)N2CCCC(C(=O)Nc3cc([N+](=O)[O-])ccc3OC)C2)cc1. The first kappa shape index (κ1) is 22.5. The van der Waals surface area contributed by atoms with Crippen LogP contribution < -0.4 is 14.8 Å². The number of sulfonamides is 1. The van der Waals surface area contributed by atoms with Crippen molar-refractivity contribution in [2.75, 3.05) is 32.6 Å². The van der Waals surface area contributed by atoms with Crippen molar-refractivity contribution in [3.05, 3.63) is 52.6 Å². The summed E-state index contributed by atoms with van der Waals surface area (Å²) in [5, 5.41) is 13.7. The number of nitrogens with zero attached hydrogens (tertiary/aromatic N) is 2. The first-order valence-electron chi connectivity index (χ1n) is 9.53. The van der Waals surface area contributed by atoms with Crippen LogP contribution in [0.5, 0.6) is 11.5 Å². The molecule has 1 saturated heterocycles. The Hall–Kier alpha value is -3.18. The standard InChI is InChI=1S/C20H23N3O7S/c1-29-16-6-8-17(9-7-16)31(27,28)22-11-3-4-14(13-22)20(24)21-18-12-15(23(25)26)5-10-19(18)30-2/h5-10,12,14H,3-4,11,13H2,1-2H3,(H,21,24). The van der Waals surface area contributed by atoms with Crippen LogP contribution in [0.25, 0.3) is 0 Å². The summed E-state index contributed by atoms with van der Waals surface area (Å²) < 4.78 is 37.5. The fourth-order valence-corrected chi connectivity index (χ4v) is 4.94. The van der Waals surface area contributed by atoms with Gasteiger partial charge in [-0.25, -0.2) is 8.42 Å². The van der Waals surface area contributed by atoms with Gasteiger partial charge >= 0.3 is 0 Å². The molecule has 1 aliphatic heterocycles. The van der Waals surface area contributed by atoms with E-state index in [9.17, 15) is 23.3 Å². The van der Waals surface area contributed by atoms with Crippen LogP contribution in [0.1, 0.15) is 12.8 Å². The second-order valence-corrected chi connectivity index (χ2v) is 8.95. The van der Waals surface area contributed by atoms with Crippen LogP contribution >= 0.6 is 0 Å². The zero-order chi connectivity index (χ0) is 22.6. The van der Waals surface area contributed by atoms with Crippen molar-refractivity contribution in [2.24, 2.45) is 5.92 Å². The second-order valence-electron chi connectivity index (χ2n) is 7.01. The molecular weight excluding hydrogens is 426 g/mol. The lowest BCUT2D eigenvalue weighted by Gasteiger charge is -2.31. The number of anilines is 1. The zero-order valence-electron chi connectivity index (χ0n) is 17.1. The van der Waals surface area contributed by atoms with Gasteiger partial charge in [0.2, 0.25) is 15.9 Å². The molecule has 1 fully saturated rings. The van der Waals surface area contributed by atoms with Crippen molar-refractivity contribution in [2.45, 2.75) is 17.7 Å². The molecule has 0 spiro atoms. The average molecular weight is 449 g/mol. The Morgan fingerprint density at radius 1 is 1.16 bits per heavy atom. The summed E-state index contributed by atoms with van der Waals surface area (Å²) in [4.78, 5) is 23.4. The number of nitro groups is 1. The van der Waals surface area contributed by atoms with Gasteiger partial charge in [0.05, 0.1) is 35.6 Å². The topological polar surface area (TPSA) is 128 Å². The zero-order valence-corrected chi connectivity index (χ0v) is 17.9. The first-order chi connectivity index (χ1) is 14.8. The minimum Gasteiger partial charge on any atom is -0.497 e. The van der Waals surface area contributed by atoms with Crippen molar-refractivity contribution in [1.29, 1.82) is 0 Å². The summed E-state index contributed by atoms with van der Waals surface area (Å²) >= 11 is 0. The van der Waals surface area contributed by atoms with Gasteiger partial charge in [0, 0.05) is 25.2 Å². The lowest BCUT2D eigenvalue weighted by atomic mass is 9.98. The van der Waals surface area contributed by atoms with Crippen molar-refractivity contribution < 1.29 is 27.6 Å². The van der Waals surface area contributed by atoms with Crippen molar-refractivity contribution in [3.8, 4) is 11.5 Å². The molecule has 1 aliphatic rings. The van der Waals surface area contributed by atoms with Crippen LogP contribution in [0.4, 0.5) is 11.4 Å². The van der Waals surface area contributed by atoms with Gasteiger partial charge in [0.15, 0.2) is 0 Å². The molecule has 0 saturated carbocycles. The van der Waals surface area contributed by atoms with E-state index in [1.807, 2.05) is 0 Å². The molecule has 1 heterocycles. The third-order valence-corrected chi connectivity index (χ3v) is 6.98. The predicted molar refractivity (Wildman–Crippen MR) is 113 cm³/mol. The Kier molecular flexibility index (Phi) is 6.76. The number of piperidine rings is 1. The maximum Gasteiger partial charge on any atom is 0.271 e. The van der Waals surface area contributed by atoms with Gasteiger partial charge in [-0.2, -0.15) is 4.31 Å². The fraction of sp³-hybridized carbons (Fsp3) is 0.350. The van der Waals surface area contributed by atoms with Gasteiger partial charge < -0.3 is 14.8 Å². The molecule has 0 radical (unpaired) electrons. The Balaban J connectivity index is 1.76. The number of hydrogen-bond donors (Lipinski definition) is 1. The number of rotatable bonds is 7. The molecule has 0 bridgehead atoms. The quantitative estimate of drug-likeness (QED) is 0.508. The summed E-state index contributed by atoms with van der Waals surface area (Å²) in [6, 6.07) is 9.95. The summed E-state index contributed by atoms with van der Waals surface area (Å²) in [7, 11) is -0.890. The molecule has 166 valence electrons. The van der Waals surface area contributed by atoms with Gasteiger partial charge in [-0.15, -0.1) is 0 Å². The monoisotopic (exact) mass is 449 g/mol. The van der Waals surface area contributed by atoms with Crippen LogP contribution in [0, 0.1) is 16.0 Å². The highest BCUT2D eigenvalue weighted by atomic mass is 32.2. The molecule has 2 aromatic rings. The predicted octanol–water partition coefficient (Wildman–Crippen LogP) is 2.65. The van der Waals surface area contributed by atoms with Gasteiger partial charge in [0.25, 0.3) is 5.69 Å². The number of carbonyl (C=O) groups is 1. The number of methoxy groups -OCH3 is 2. The number of amides is 1. The molecule has 31 heavy (non-hydrogen) atoms. The molecule has 0 aromatic heterocycles. The Bertz CT molecular complexity index is 1070. The van der Waals surface area contributed by atoms with Gasteiger partial charge in [-0.3, -0.25) is 14.9 Å². The Labute approximate surface area is 180 Å². The van der Waals surface area contributed by atoms with E-state index >= 15 is 0 Å². The Morgan fingerprint density at radius 3 is 2.48 bits per heavy atom. The molecule has 1 atom stereocenters. The second kappa shape index (κ2) is 9.31. The molecule has 1 unspecified atom stereocenters. The third kappa shape index (κ3) is 4.94. The number of nitro benzene ring substituents is 1. The largest absolute Gasteiger partial charge is 0.497 e. The number of carbonyl (C=O) groups excluding carboxylic acids is 1. The molecular formula is C20H23N3O7S. The molecule has 3 rings (SSSR count). The van der Waals surface area contributed by atoms with Crippen LogP contribution in [0.2, 0.25) is 0 Å². The fourth-order valence-electron chi connectivity index (χ4n) is 3.41. The molecule has 10 nitrogen and oxygen atoms in total. The van der Waals surface area contributed by atoms with E-state index in [4.69, 9.17) is 9.47 Å². The summed E-state index contributed by atoms with van der Waals surface area (Å²) in [5.41, 5.74) is -0.0275. The van der Waals surface area contributed by atoms with Crippen molar-refractivity contribution >= 4 is 27.3 Å². The van der Waals surface area contributed by atoms with E-state index < -0.39 is 26.8 Å². The van der Waals surface area contributed by atoms with E-state index in [0.717, 1.165) is 0 Å². The number of non-ortho nitro benzene ring substituents is 1. The van der Waals surface area contributed by atoms with Crippen LogP contribution in [0.3, 0.4) is 0 Å². The van der Waals surface area contributed by atoms with Gasteiger partial charge in [-0.1, -0.05) is 0 Å². The van der Waals surface area contributed by atoms with E-state index in [2.05, 4.69) is 5.32 Å². The van der Waals surface area contributed by atoms with E-state index in [1.54, 1.807) is 12.1 Å². The maximum atomic E-state index is 13.0. The van der Waals surface area contributed by atoms with Crippen LogP contribution in [-0.4, -0.2) is 50.9 Å². The summed E-state index contributed by atoms with van der Waals surface area (Å²) in [6.07, 6.45) is 1.01. The maximum absolute atomic E-state index is 13.0. The van der Waals surface area contributed by atoms with E-state index in [1.165, 1.54) is 48.9 Å². The normalized spacial score (nSPS) is 17.0. The van der Waals surface area contributed by atoms with E-state index in [0.29, 0.717) is 25.1 Å². The summed E-state index contributed by atoms with van der Waals surface area (Å²) in [6.45, 7) is 0.315. The lowest BCUT2D eigenvalue weighted by Crippen LogP contribution is -2.43. The van der Waals surface area contributed by atoms with Crippen LogP contribution in [0.15, 0.2) is 47.4 Å². The molecule has 0 aliphatic carbocycles. The minimum atomic E-state index is -3.77. The minimum absolute atomic E-state index is 0.0113. The van der Waals surface area contributed by atoms with Gasteiger partial charge in [0.1, 0.15) is 11.5 Å². The first-order valence-corrected chi connectivity index (χ1v) is 11.0. The number of benzene rings is 2. The Morgan fingerprint density at radius 2 is 1.87 bits per heavy atom. The molecule has 2 aromatic carbocycles. The highest BCUT2D eigenvalue weighted by Crippen LogP contribution is 2.31.